The number of halogens is 3. The third-order valence-electron chi connectivity index (χ3n) is 3.57. The molecule has 17 heavy (non-hydrogen) atoms. The van der Waals surface area contributed by atoms with Crippen molar-refractivity contribution in [1.82, 2.24) is 5.32 Å². The molecule has 1 heterocycles. The molecular formula is C12H16BF3N-. The van der Waals surface area contributed by atoms with Crippen LogP contribution in [0.4, 0.5) is 12.9 Å². The molecule has 0 aromatic heterocycles. The quantitative estimate of drug-likeness (QED) is 0.803. The number of piperidine rings is 1. The molecule has 1 saturated heterocycles. The fourth-order valence-corrected chi connectivity index (χ4v) is 2.75. The highest BCUT2D eigenvalue weighted by atomic mass is 19.4. The second-order valence-electron chi connectivity index (χ2n) is 4.81. The summed E-state index contributed by atoms with van der Waals surface area (Å²) in [6.45, 7) is -3.41. The highest BCUT2D eigenvalue weighted by molar-refractivity contribution is 6.58. The molecule has 1 N–H and O–H groups in total. The standard InChI is InChI=1S/C12H16BF3N/c14-13(15,16)10-12(6-8-17-9-7-12)11-4-2-1-3-5-11/h1-5,17H,6-10H2/q-1. The lowest BCUT2D eigenvalue weighted by Crippen LogP contribution is -2.43. The van der Waals surface area contributed by atoms with Crippen LogP contribution >= 0.6 is 0 Å². The molecule has 0 spiro atoms. The lowest BCUT2D eigenvalue weighted by Gasteiger charge is -2.41. The van der Waals surface area contributed by atoms with Crippen molar-refractivity contribution in [3.05, 3.63) is 35.9 Å². The van der Waals surface area contributed by atoms with E-state index < -0.39 is 18.7 Å². The first-order chi connectivity index (χ1) is 8.02. The molecule has 0 atom stereocenters. The summed E-state index contributed by atoms with van der Waals surface area (Å²) in [5, 5.41) is 3.13. The van der Waals surface area contributed by atoms with E-state index in [9.17, 15) is 12.9 Å². The van der Waals surface area contributed by atoms with Crippen LogP contribution in [0.2, 0.25) is 6.32 Å². The maximum absolute atomic E-state index is 12.8. The Bertz CT molecular complexity index is 358. The molecular weight excluding hydrogens is 226 g/mol. The Hall–Kier alpha value is -0.965. The second-order valence-corrected chi connectivity index (χ2v) is 4.81. The minimum Gasteiger partial charge on any atom is -0.449 e. The Kier molecular flexibility index (Phi) is 3.47. The van der Waals surface area contributed by atoms with E-state index in [1.54, 1.807) is 0 Å². The topological polar surface area (TPSA) is 12.0 Å². The van der Waals surface area contributed by atoms with E-state index in [2.05, 4.69) is 5.32 Å². The summed E-state index contributed by atoms with van der Waals surface area (Å²) >= 11 is 0. The molecule has 2 rings (SSSR count). The van der Waals surface area contributed by atoms with Crippen molar-refractivity contribution in [3.63, 3.8) is 0 Å². The van der Waals surface area contributed by atoms with Gasteiger partial charge in [-0.1, -0.05) is 36.7 Å². The average molecular weight is 242 g/mol. The van der Waals surface area contributed by atoms with Crippen LogP contribution in [0.25, 0.3) is 0 Å². The highest BCUT2D eigenvalue weighted by Crippen LogP contribution is 2.41. The second kappa shape index (κ2) is 4.73. The maximum Gasteiger partial charge on any atom is 0.479 e. The zero-order valence-electron chi connectivity index (χ0n) is 9.63. The van der Waals surface area contributed by atoms with Crippen molar-refractivity contribution in [2.45, 2.75) is 24.6 Å². The van der Waals surface area contributed by atoms with Crippen LogP contribution in [0, 0.1) is 0 Å². The molecule has 1 aromatic carbocycles. The van der Waals surface area contributed by atoms with Gasteiger partial charge in [-0.2, -0.15) is 0 Å². The van der Waals surface area contributed by atoms with Gasteiger partial charge in [0.25, 0.3) is 0 Å². The highest BCUT2D eigenvalue weighted by Gasteiger charge is 2.40. The molecule has 5 heteroatoms. The molecule has 0 bridgehead atoms. The van der Waals surface area contributed by atoms with Crippen LogP contribution in [-0.4, -0.2) is 20.1 Å². The third-order valence-corrected chi connectivity index (χ3v) is 3.57. The van der Waals surface area contributed by atoms with Crippen LogP contribution < -0.4 is 5.32 Å². The zero-order valence-corrected chi connectivity index (χ0v) is 9.63. The SMILES string of the molecule is F[B-](F)(F)CC1(c2ccccc2)CCNCC1. The van der Waals surface area contributed by atoms with E-state index in [-0.39, 0.29) is 0 Å². The van der Waals surface area contributed by atoms with E-state index in [0.717, 1.165) is 5.56 Å². The van der Waals surface area contributed by atoms with E-state index >= 15 is 0 Å². The Labute approximate surface area is 99.5 Å². The van der Waals surface area contributed by atoms with Crippen molar-refractivity contribution in [2.24, 2.45) is 0 Å². The van der Waals surface area contributed by atoms with E-state index in [0.29, 0.717) is 25.9 Å². The Morgan fingerprint density at radius 2 is 1.65 bits per heavy atom. The fraction of sp³-hybridized carbons (Fsp3) is 0.500. The lowest BCUT2D eigenvalue weighted by molar-refractivity contribution is 0.304. The average Bonchev–Trinajstić information content (AvgIpc) is 2.29. The number of nitrogens with one attached hydrogen (secondary N) is 1. The van der Waals surface area contributed by atoms with Gasteiger partial charge >= 0.3 is 6.98 Å². The Morgan fingerprint density at radius 3 is 2.18 bits per heavy atom. The van der Waals surface area contributed by atoms with E-state index in [1.807, 2.05) is 30.3 Å². The first-order valence-corrected chi connectivity index (χ1v) is 5.99. The normalized spacial score (nSPS) is 20.2. The number of hydrogen-bond acceptors (Lipinski definition) is 1. The molecule has 0 unspecified atom stereocenters. The summed E-state index contributed by atoms with van der Waals surface area (Å²) in [7, 11) is 0. The Morgan fingerprint density at radius 1 is 1.06 bits per heavy atom. The monoisotopic (exact) mass is 242 g/mol. The van der Waals surface area contributed by atoms with Crippen LogP contribution in [0.1, 0.15) is 18.4 Å². The maximum atomic E-state index is 12.8. The summed E-state index contributed by atoms with van der Waals surface area (Å²) in [6.07, 6.45) is 0.481. The molecule has 0 radical (unpaired) electrons. The van der Waals surface area contributed by atoms with Gasteiger partial charge in [-0.05, 0) is 36.9 Å². The minimum atomic E-state index is -4.74. The van der Waals surface area contributed by atoms with Crippen LogP contribution in [0.15, 0.2) is 30.3 Å². The van der Waals surface area contributed by atoms with E-state index in [1.165, 1.54) is 0 Å². The van der Waals surface area contributed by atoms with Crippen molar-refractivity contribution in [1.29, 1.82) is 0 Å². The summed E-state index contributed by atoms with van der Waals surface area (Å²) < 4.78 is 38.4. The molecule has 1 nitrogen and oxygen atoms in total. The predicted molar refractivity (Wildman–Crippen MR) is 64.1 cm³/mol. The summed E-state index contributed by atoms with van der Waals surface area (Å²) in [4.78, 5) is 0. The van der Waals surface area contributed by atoms with Crippen LogP contribution in [0.3, 0.4) is 0 Å². The van der Waals surface area contributed by atoms with Gasteiger partial charge in [-0.25, -0.2) is 0 Å². The van der Waals surface area contributed by atoms with Gasteiger partial charge in [0, 0.05) is 0 Å². The summed E-state index contributed by atoms with van der Waals surface area (Å²) in [5.41, 5.74) is 0.130. The van der Waals surface area contributed by atoms with Gasteiger partial charge in [0.05, 0.1) is 0 Å². The molecule has 1 aliphatic rings. The molecule has 1 fully saturated rings. The lowest BCUT2D eigenvalue weighted by atomic mass is 9.61. The largest absolute Gasteiger partial charge is 0.479 e. The molecule has 0 aliphatic carbocycles. The first-order valence-electron chi connectivity index (χ1n) is 5.99. The smallest absolute Gasteiger partial charge is 0.449 e. The van der Waals surface area contributed by atoms with Crippen LogP contribution in [-0.2, 0) is 5.41 Å². The van der Waals surface area contributed by atoms with Gasteiger partial charge in [-0.15, -0.1) is 0 Å². The van der Waals surface area contributed by atoms with Crippen LogP contribution in [0.5, 0.6) is 0 Å². The van der Waals surface area contributed by atoms with Gasteiger partial charge in [0.2, 0.25) is 0 Å². The number of benzene rings is 1. The first kappa shape index (κ1) is 12.5. The van der Waals surface area contributed by atoms with E-state index in [4.69, 9.17) is 0 Å². The van der Waals surface area contributed by atoms with Crippen molar-refractivity contribution >= 4 is 6.98 Å². The molecule has 1 aliphatic heterocycles. The van der Waals surface area contributed by atoms with Crippen molar-refractivity contribution in [3.8, 4) is 0 Å². The number of hydrogen-bond donors (Lipinski definition) is 1. The fourth-order valence-electron chi connectivity index (χ4n) is 2.75. The van der Waals surface area contributed by atoms with Gasteiger partial charge in [0.1, 0.15) is 0 Å². The summed E-state index contributed by atoms with van der Waals surface area (Å²) in [6, 6.07) is 9.14. The van der Waals surface area contributed by atoms with Crippen molar-refractivity contribution in [2.75, 3.05) is 13.1 Å². The van der Waals surface area contributed by atoms with Gasteiger partial charge in [-0.3, -0.25) is 0 Å². The molecule has 94 valence electrons. The third kappa shape index (κ3) is 3.03. The van der Waals surface area contributed by atoms with Crippen molar-refractivity contribution < 1.29 is 12.9 Å². The summed E-state index contributed by atoms with van der Waals surface area (Å²) in [5.74, 6) is 0. The molecule has 0 saturated carbocycles. The Balaban J connectivity index is 2.30. The van der Waals surface area contributed by atoms with Gasteiger partial charge < -0.3 is 18.3 Å². The molecule has 0 amide bonds. The number of rotatable bonds is 3. The van der Waals surface area contributed by atoms with Gasteiger partial charge in [0.15, 0.2) is 0 Å². The molecule has 1 aromatic rings. The predicted octanol–water partition coefficient (Wildman–Crippen LogP) is 3.16. The minimum absolute atomic E-state index is 0.568. The zero-order chi connectivity index (χ0) is 12.4.